The van der Waals surface area contributed by atoms with E-state index in [1.807, 2.05) is 41.5 Å². The van der Waals surface area contributed by atoms with Crippen LogP contribution in [-0.2, 0) is 88.6 Å². The van der Waals surface area contributed by atoms with Crippen LogP contribution in [0.15, 0.2) is 77.6 Å². The lowest BCUT2D eigenvalue weighted by Crippen LogP contribution is -2.37. The van der Waals surface area contributed by atoms with E-state index in [1.165, 1.54) is 23.3 Å². The smallest absolute Gasteiger partial charge is 0.492 e. The maximum Gasteiger partial charge on any atom is 0.492 e. The number of aryl methyl sites for hydroxylation is 3. The van der Waals surface area contributed by atoms with Crippen LogP contribution in [0.5, 0.6) is 23.0 Å². The van der Waals surface area contributed by atoms with Crippen molar-refractivity contribution in [1.82, 2.24) is 83.9 Å². The van der Waals surface area contributed by atoms with Crippen LogP contribution >= 0.6 is 31.9 Å². The molecule has 130 heavy (non-hydrogen) atoms. The van der Waals surface area contributed by atoms with Gasteiger partial charge in [0.1, 0.15) is 19.8 Å². The summed E-state index contributed by atoms with van der Waals surface area (Å²) in [6.45, 7) is 11.3. The number of aliphatic carboxylic acids is 1. The molecule has 7 aromatic rings. The van der Waals surface area contributed by atoms with E-state index < -0.39 is 19.2 Å². The molecule has 7 heterocycles. The highest BCUT2D eigenvalue weighted by Crippen LogP contribution is 2.35. The van der Waals surface area contributed by atoms with Crippen LogP contribution < -0.4 is 19.7 Å². The molecule has 712 valence electrons. The number of carbonyl (C=O) groups excluding carboxylic acids is 6. The maximum atomic E-state index is 12.5. The SMILES string of the molecule is CC(C)OC(=O)[C@H]1CCC[C@@H](O)C1.CC(C)OC(=O)[C@H]1CCC[C@H](Oc2cnc(-c3cnn(C)c3COC(=O)N(C)C3CCCC3)nc2)C1.CC(C)OC(=O)[C@H]1CCC[C@H](Oc2cnc(Br)nc2)C1.CN(C(=O)OCc1c(-c2ncc(O[C@H]3CCC[C@H](C(=O)O)C3)cn2)cnn1C)C1CCCC1.CN(C(=O)OCc1c(B(O)O)cnn1C)C1CCCC1.Oc1cnc(Br)nc1. The van der Waals surface area contributed by atoms with Crippen LogP contribution in [0.4, 0.5) is 14.4 Å². The number of carboxylic acids is 1. The molecule has 0 aromatic carbocycles. The second-order valence-electron chi connectivity index (χ2n) is 34.6. The van der Waals surface area contributed by atoms with Gasteiger partial charge in [-0.2, -0.15) is 15.3 Å². The Morgan fingerprint density at radius 3 is 1.04 bits per heavy atom. The number of nitrogens with zero attached hydrogens (tertiary/aromatic N) is 17. The molecule has 7 aliphatic carbocycles. The highest BCUT2D eigenvalue weighted by Gasteiger charge is 2.36. The summed E-state index contributed by atoms with van der Waals surface area (Å²) in [6, 6.07) is 0.742. The second kappa shape index (κ2) is 52.1. The molecule has 7 fully saturated rings. The molecule has 41 heteroatoms. The van der Waals surface area contributed by atoms with E-state index >= 15 is 0 Å². The molecule has 3 amide bonds. The first-order valence-corrected chi connectivity index (χ1v) is 46.6. The first-order chi connectivity index (χ1) is 62.2. The van der Waals surface area contributed by atoms with Crippen molar-refractivity contribution in [3.05, 3.63) is 94.7 Å². The minimum Gasteiger partial charge on any atom is -0.505 e. The van der Waals surface area contributed by atoms with Crippen LogP contribution in [0.3, 0.4) is 0 Å². The van der Waals surface area contributed by atoms with Gasteiger partial charge in [0.25, 0.3) is 0 Å². The molecule has 0 spiro atoms. The summed E-state index contributed by atoms with van der Waals surface area (Å²) in [6.07, 6.45) is 40.9. The number of carbonyl (C=O) groups is 7. The molecule has 14 rings (SSSR count). The number of aliphatic hydroxyl groups excluding tert-OH is 1. The van der Waals surface area contributed by atoms with Gasteiger partial charge < -0.3 is 82.7 Å². The van der Waals surface area contributed by atoms with Gasteiger partial charge in [0.05, 0.1) is 157 Å². The number of amides is 3. The minimum atomic E-state index is -1.62. The van der Waals surface area contributed by atoms with Gasteiger partial charge in [0.2, 0.25) is 0 Å². The Balaban J connectivity index is 0.000000186. The van der Waals surface area contributed by atoms with E-state index in [-0.39, 0.29) is 146 Å². The van der Waals surface area contributed by atoms with Crippen molar-refractivity contribution in [1.29, 1.82) is 0 Å². The van der Waals surface area contributed by atoms with E-state index in [1.54, 1.807) is 116 Å². The highest BCUT2D eigenvalue weighted by molar-refractivity contribution is 9.10. The Kier molecular flexibility index (Phi) is 41.5. The Bertz CT molecular complexity index is 4650. The molecular weight excluding hydrogens is 1810 g/mol. The normalized spacial score (nSPS) is 20.3. The molecular formula is C89H128BBr2N17O21. The Morgan fingerprint density at radius 2 is 0.708 bits per heavy atom. The molecule has 0 unspecified atom stereocenters. The maximum absolute atomic E-state index is 12.5. The number of aliphatic hydroxyl groups is 1. The first-order valence-electron chi connectivity index (χ1n) is 45.0. The summed E-state index contributed by atoms with van der Waals surface area (Å²) in [4.78, 5) is 122. The Labute approximate surface area is 776 Å². The molecule has 7 aromatic heterocycles. The minimum absolute atomic E-state index is 0.0261. The Morgan fingerprint density at radius 1 is 0.408 bits per heavy atom. The summed E-state index contributed by atoms with van der Waals surface area (Å²) in [5, 5.41) is 58.2. The van der Waals surface area contributed by atoms with Crippen molar-refractivity contribution >= 4 is 86.6 Å². The first kappa shape index (κ1) is 103. The largest absolute Gasteiger partial charge is 0.505 e. The fourth-order valence-electron chi connectivity index (χ4n) is 16.6. The van der Waals surface area contributed by atoms with Gasteiger partial charge in [-0.1, -0.05) is 44.9 Å². The number of ether oxygens (including phenoxy) is 9. The number of carboxylic acid groups (broad SMARTS) is 1. The van der Waals surface area contributed by atoms with E-state index in [9.17, 15) is 53.8 Å². The molecule has 7 saturated carbocycles. The van der Waals surface area contributed by atoms with Gasteiger partial charge in [-0.05, 0) is 208 Å². The molecule has 7 aliphatic rings. The third kappa shape index (κ3) is 32.9. The van der Waals surface area contributed by atoms with Crippen LogP contribution in [0.2, 0.25) is 0 Å². The van der Waals surface area contributed by atoms with Crippen LogP contribution in [0.1, 0.15) is 238 Å². The van der Waals surface area contributed by atoms with E-state index in [4.69, 9.17) is 47.7 Å². The summed E-state index contributed by atoms with van der Waals surface area (Å²) in [5.74, 6) is 0.888. The lowest BCUT2D eigenvalue weighted by Gasteiger charge is -2.28. The fourth-order valence-corrected chi connectivity index (χ4v) is 17.0. The van der Waals surface area contributed by atoms with Gasteiger partial charge >= 0.3 is 49.3 Å². The lowest BCUT2D eigenvalue weighted by atomic mass is 9.80. The lowest BCUT2D eigenvalue weighted by molar-refractivity contribution is -0.155. The van der Waals surface area contributed by atoms with E-state index in [0.29, 0.717) is 93.0 Å². The van der Waals surface area contributed by atoms with Crippen molar-refractivity contribution in [2.24, 2.45) is 44.8 Å². The quantitative estimate of drug-likeness (QED) is 0.0154. The van der Waals surface area contributed by atoms with E-state index in [0.717, 1.165) is 153 Å². The van der Waals surface area contributed by atoms with Crippen LogP contribution in [0.25, 0.3) is 22.8 Å². The number of rotatable bonds is 25. The van der Waals surface area contributed by atoms with Crippen LogP contribution in [0, 0.1) is 23.7 Å². The van der Waals surface area contributed by atoms with Crippen molar-refractivity contribution in [3.8, 4) is 45.8 Å². The average Bonchev–Trinajstić information content (AvgIpc) is 1.68. The molecule has 0 bridgehead atoms. The predicted molar refractivity (Wildman–Crippen MR) is 482 cm³/mol. The zero-order valence-corrected chi connectivity index (χ0v) is 79.7. The van der Waals surface area contributed by atoms with Gasteiger partial charge in [0.15, 0.2) is 44.1 Å². The van der Waals surface area contributed by atoms with E-state index in [2.05, 4.69) is 87.0 Å². The fraction of sp³-hybridized carbons (Fsp3) is 0.640. The molecule has 8 atom stereocenters. The van der Waals surface area contributed by atoms with Gasteiger partial charge in [-0.15, -0.1) is 0 Å². The monoisotopic (exact) mass is 1940 g/mol. The van der Waals surface area contributed by atoms with Gasteiger partial charge in [-0.3, -0.25) is 33.2 Å². The average molecular weight is 1940 g/mol. The van der Waals surface area contributed by atoms with Crippen molar-refractivity contribution in [2.45, 2.75) is 302 Å². The predicted octanol–water partition coefficient (Wildman–Crippen LogP) is 12.9. The molecule has 38 nitrogen and oxygen atoms in total. The topological polar surface area (TPSA) is 470 Å². The van der Waals surface area contributed by atoms with Gasteiger partial charge in [-0.25, -0.2) is 54.3 Å². The molecule has 5 N–H and O–H groups in total. The van der Waals surface area contributed by atoms with Crippen molar-refractivity contribution in [3.63, 3.8) is 0 Å². The Hall–Kier alpha value is -10.3. The number of aromatic nitrogens is 14. The second-order valence-corrected chi connectivity index (χ2v) is 36.0. The zero-order chi connectivity index (χ0) is 94.1. The summed E-state index contributed by atoms with van der Waals surface area (Å²) >= 11 is 6.20. The zero-order valence-electron chi connectivity index (χ0n) is 76.6. The summed E-state index contributed by atoms with van der Waals surface area (Å²) in [5.41, 5.74) is 3.54. The molecule has 0 radical (unpaired) electrons. The van der Waals surface area contributed by atoms with Gasteiger partial charge in [0, 0.05) is 72.1 Å². The third-order valence-corrected chi connectivity index (χ3v) is 24.6. The summed E-state index contributed by atoms with van der Waals surface area (Å²) < 4.78 is 55.8. The highest BCUT2D eigenvalue weighted by atomic mass is 79.9. The number of esters is 3. The number of halogens is 2. The third-order valence-electron chi connectivity index (χ3n) is 23.8. The molecule has 0 aliphatic heterocycles. The van der Waals surface area contributed by atoms with Crippen molar-refractivity contribution < 1.29 is 102 Å². The number of hydrogen-bond acceptors (Lipinski definition) is 31. The van der Waals surface area contributed by atoms with Crippen LogP contribution in [-0.4, -0.2) is 241 Å². The standard InChI is InChI=1S/C26H37N5O5.C23H31N5O5.C14H19BrN2O3.C12H20BN3O4.C10H18O3.C4H3BrN2O/c1-17(2)35-25(32)18-8-7-11-20(12-18)36-21-13-27-24(28-14-21)22-15-29-31(4)23(22)16-34-26(33)30(3)19-9-5-6-10-19;1-27(16-7-3-4-8-16)23(31)32-14-20-19(13-26-28(20)2)21-24-11-18(12-25-21)33-17-9-5-6-15(10-17)22(29)30;1-9(2)19-13(18)10-4-3-5-11(6-10)20-12-7-16-14(15)17-8-12;1-15(9-5-3-4-6-9)12(17)20-8-11-10(13(18)19)7-14-16(11)2;1-7(2)13-10(12)8-4-3-5-9(11)6-8;5-4-6-1-3(8)2-7-4/h13-15,17-20H,5-12,16H2,1-4H3;11-13,15-17H,3-10,14H2,1-2H3,(H,29,30);7-11H,3-6H2,1-2H3;7,9,18-19H,3-6,8H2,1-2H3;7-9,11H,3-6H2,1-2H3;1-2,8H/t18-,20-;15-,17-;10-,11-;;8-,9+;/m000.0./s1. The summed E-state index contributed by atoms with van der Waals surface area (Å²) in [7, 11) is 8.95. The number of hydrogen-bond donors (Lipinski definition) is 5. The number of aromatic hydroxyl groups is 1. The molecule has 0 saturated heterocycles. The van der Waals surface area contributed by atoms with Crippen molar-refractivity contribution in [2.75, 3.05) is 21.1 Å².